The van der Waals surface area contributed by atoms with E-state index in [1.165, 1.54) is 25.7 Å². The standard InChI is InChI=1S/C18H25N3/c1-21(11-16-10-14-7-8-15(16)9-14)13-18(20,12-19)17-5-3-2-4-6-17/h2-6,14-16H,7-11,13,20H2,1H3. The van der Waals surface area contributed by atoms with E-state index in [1.807, 2.05) is 30.3 Å². The first-order chi connectivity index (χ1) is 10.1. The highest BCUT2D eigenvalue weighted by atomic mass is 15.1. The van der Waals surface area contributed by atoms with Crippen molar-refractivity contribution in [3.05, 3.63) is 35.9 Å². The zero-order valence-electron chi connectivity index (χ0n) is 12.8. The maximum atomic E-state index is 9.55. The average Bonchev–Trinajstić information content (AvgIpc) is 3.10. The van der Waals surface area contributed by atoms with Gasteiger partial charge in [-0.25, -0.2) is 0 Å². The van der Waals surface area contributed by atoms with Crippen molar-refractivity contribution in [2.24, 2.45) is 23.5 Å². The van der Waals surface area contributed by atoms with Crippen LogP contribution in [0.5, 0.6) is 0 Å². The van der Waals surface area contributed by atoms with Crippen LogP contribution >= 0.6 is 0 Å². The van der Waals surface area contributed by atoms with Gasteiger partial charge in [-0.05, 0) is 49.6 Å². The largest absolute Gasteiger partial charge is 0.309 e. The fraction of sp³-hybridized carbons (Fsp3) is 0.611. The van der Waals surface area contributed by atoms with Gasteiger partial charge in [0.2, 0.25) is 0 Å². The maximum absolute atomic E-state index is 9.55. The number of hydrogen-bond donors (Lipinski definition) is 1. The van der Waals surface area contributed by atoms with Crippen LogP contribution in [-0.4, -0.2) is 25.0 Å². The minimum atomic E-state index is -0.909. The van der Waals surface area contributed by atoms with Gasteiger partial charge in [0.15, 0.2) is 0 Å². The highest BCUT2D eigenvalue weighted by Crippen LogP contribution is 2.48. The van der Waals surface area contributed by atoms with E-state index in [-0.39, 0.29) is 0 Å². The molecule has 2 saturated carbocycles. The van der Waals surface area contributed by atoms with Gasteiger partial charge in [0.05, 0.1) is 6.07 Å². The summed E-state index contributed by atoms with van der Waals surface area (Å²) in [6.07, 6.45) is 5.66. The van der Waals surface area contributed by atoms with Crippen LogP contribution in [0.25, 0.3) is 0 Å². The van der Waals surface area contributed by atoms with Crippen LogP contribution < -0.4 is 5.73 Å². The zero-order chi connectivity index (χ0) is 14.9. The molecule has 0 aliphatic heterocycles. The number of nitriles is 1. The Hall–Kier alpha value is -1.37. The lowest BCUT2D eigenvalue weighted by Gasteiger charge is -2.32. The Labute approximate surface area is 127 Å². The molecule has 3 heteroatoms. The molecule has 1 aromatic rings. The molecule has 2 aliphatic rings. The number of fused-ring (bicyclic) bond motifs is 2. The molecule has 2 aliphatic carbocycles. The van der Waals surface area contributed by atoms with Crippen LogP contribution in [0.3, 0.4) is 0 Å². The number of benzene rings is 1. The summed E-state index contributed by atoms with van der Waals surface area (Å²) in [4.78, 5) is 2.27. The van der Waals surface area contributed by atoms with E-state index in [4.69, 9.17) is 5.73 Å². The molecule has 0 aromatic heterocycles. The Morgan fingerprint density at radius 3 is 2.62 bits per heavy atom. The van der Waals surface area contributed by atoms with Gasteiger partial charge in [-0.15, -0.1) is 0 Å². The fourth-order valence-electron chi connectivity index (χ4n) is 4.42. The second-order valence-corrected chi connectivity index (χ2v) is 7.08. The van der Waals surface area contributed by atoms with Crippen molar-refractivity contribution >= 4 is 0 Å². The summed E-state index contributed by atoms with van der Waals surface area (Å²) >= 11 is 0. The molecule has 112 valence electrons. The highest BCUT2D eigenvalue weighted by Gasteiger charge is 2.40. The van der Waals surface area contributed by atoms with Crippen molar-refractivity contribution in [2.75, 3.05) is 20.1 Å². The molecule has 0 saturated heterocycles. The highest BCUT2D eigenvalue weighted by molar-refractivity contribution is 5.31. The number of rotatable bonds is 5. The summed E-state index contributed by atoms with van der Waals surface area (Å²) in [7, 11) is 2.11. The Bertz CT molecular complexity index is 521. The third-order valence-corrected chi connectivity index (χ3v) is 5.44. The van der Waals surface area contributed by atoms with Gasteiger partial charge in [-0.2, -0.15) is 5.26 Å². The van der Waals surface area contributed by atoms with Crippen LogP contribution in [0, 0.1) is 29.1 Å². The molecule has 0 spiro atoms. The maximum Gasteiger partial charge on any atom is 0.142 e. The lowest BCUT2D eigenvalue weighted by atomic mass is 9.87. The lowest BCUT2D eigenvalue weighted by molar-refractivity contribution is 0.199. The predicted molar refractivity (Wildman–Crippen MR) is 84.4 cm³/mol. The Kier molecular flexibility index (Phi) is 4.01. The van der Waals surface area contributed by atoms with E-state index < -0.39 is 5.54 Å². The van der Waals surface area contributed by atoms with Gasteiger partial charge in [-0.3, -0.25) is 0 Å². The van der Waals surface area contributed by atoms with Crippen LogP contribution in [0.2, 0.25) is 0 Å². The van der Waals surface area contributed by atoms with E-state index in [1.54, 1.807) is 0 Å². The topological polar surface area (TPSA) is 53.0 Å². The van der Waals surface area contributed by atoms with Gasteiger partial charge in [0.1, 0.15) is 5.54 Å². The minimum absolute atomic E-state index is 0.599. The van der Waals surface area contributed by atoms with E-state index >= 15 is 0 Å². The third-order valence-electron chi connectivity index (χ3n) is 5.44. The molecule has 21 heavy (non-hydrogen) atoms. The molecule has 0 heterocycles. The van der Waals surface area contributed by atoms with Gasteiger partial charge in [0.25, 0.3) is 0 Å². The molecule has 2 N–H and O–H groups in total. The summed E-state index contributed by atoms with van der Waals surface area (Å²) < 4.78 is 0. The average molecular weight is 283 g/mol. The number of likely N-dealkylation sites (N-methyl/N-ethyl adjacent to an activating group) is 1. The van der Waals surface area contributed by atoms with Crippen LogP contribution in [0.1, 0.15) is 31.2 Å². The summed E-state index contributed by atoms with van der Waals surface area (Å²) in [5.41, 5.74) is 6.37. The lowest BCUT2D eigenvalue weighted by Crippen LogP contribution is -2.46. The van der Waals surface area contributed by atoms with Gasteiger partial charge in [0, 0.05) is 13.1 Å². The number of nitrogens with two attached hydrogens (primary N) is 1. The molecule has 4 unspecified atom stereocenters. The van der Waals surface area contributed by atoms with Crippen LogP contribution in [0.4, 0.5) is 0 Å². The molecular formula is C18H25N3. The normalized spacial score (nSPS) is 30.3. The second-order valence-electron chi connectivity index (χ2n) is 7.08. The minimum Gasteiger partial charge on any atom is -0.309 e. The molecule has 1 aromatic carbocycles. The Balaban J connectivity index is 1.63. The molecule has 3 nitrogen and oxygen atoms in total. The van der Waals surface area contributed by atoms with Crippen LogP contribution in [-0.2, 0) is 5.54 Å². The summed E-state index contributed by atoms with van der Waals surface area (Å²) in [6.45, 7) is 1.68. The van der Waals surface area contributed by atoms with Crippen molar-refractivity contribution < 1.29 is 0 Å². The van der Waals surface area contributed by atoms with E-state index in [0.29, 0.717) is 6.54 Å². The summed E-state index contributed by atoms with van der Waals surface area (Å²) in [5.74, 6) is 2.71. The molecule has 3 rings (SSSR count). The first-order valence-electron chi connectivity index (χ1n) is 8.05. The third kappa shape index (κ3) is 2.97. The van der Waals surface area contributed by atoms with E-state index in [0.717, 1.165) is 29.9 Å². The summed E-state index contributed by atoms with van der Waals surface area (Å²) in [6, 6.07) is 12.1. The first-order valence-corrected chi connectivity index (χ1v) is 8.05. The van der Waals surface area contributed by atoms with Crippen molar-refractivity contribution in [1.82, 2.24) is 4.90 Å². The number of nitrogens with zero attached hydrogens (tertiary/aromatic N) is 2. The Morgan fingerprint density at radius 1 is 1.29 bits per heavy atom. The van der Waals surface area contributed by atoms with Crippen molar-refractivity contribution in [1.29, 1.82) is 5.26 Å². The molecule has 0 amide bonds. The second kappa shape index (κ2) is 5.79. The molecular weight excluding hydrogens is 258 g/mol. The van der Waals surface area contributed by atoms with Crippen molar-refractivity contribution in [2.45, 2.75) is 31.2 Å². The predicted octanol–water partition coefficient (Wildman–Crippen LogP) is 2.73. The van der Waals surface area contributed by atoms with Crippen molar-refractivity contribution in [3.8, 4) is 6.07 Å². The number of hydrogen-bond acceptors (Lipinski definition) is 3. The molecule has 2 bridgehead atoms. The van der Waals surface area contributed by atoms with Gasteiger partial charge in [-0.1, -0.05) is 36.8 Å². The quantitative estimate of drug-likeness (QED) is 0.904. The zero-order valence-corrected chi connectivity index (χ0v) is 12.8. The van der Waals surface area contributed by atoms with Gasteiger partial charge < -0.3 is 10.6 Å². The smallest absolute Gasteiger partial charge is 0.142 e. The summed E-state index contributed by atoms with van der Waals surface area (Å²) in [5, 5.41) is 9.55. The molecule has 2 fully saturated rings. The monoisotopic (exact) mass is 283 g/mol. The van der Waals surface area contributed by atoms with Crippen LogP contribution in [0.15, 0.2) is 30.3 Å². The molecule has 0 radical (unpaired) electrons. The van der Waals surface area contributed by atoms with E-state index in [9.17, 15) is 5.26 Å². The van der Waals surface area contributed by atoms with E-state index in [2.05, 4.69) is 18.0 Å². The molecule has 4 atom stereocenters. The first kappa shape index (κ1) is 14.6. The van der Waals surface area contributed by atoms with Gasteiger partial charge >= 0.3 is 0 Å². The SMILES string of the molecule is CN(CC1CC2CCC1C2)CC(N)(C#N)c1ccccc1. The fourth-order valence-corrected chi connectivity index (χ4v) is 4.42. The Morgan fingerprint density at radius 2 is 2.05 bits per heavy atom. The van der Waals surface area contributed by atoms with Crippen molar-refractivity contribution in [3.63, 3.8) is 0 Å².